The van der Waals surface area contributed by atoms with Crippen LogP contribution in [0.4, 0.5) is 10.6 Å². The molecule has 2 amide bonds. The number of nitrogens with zero attached hydrogens (tertiary/aromatic N) is 6. The molecule has 1 fully saturated rings. The van der Waals surface area contributed by atoms with Crippen LogP contribution < -0.4 is 5.32 Å². The van der Waals surface area contributed by atoms with Crippen molar-refractivity contribution in [1.82, 2.24) is 29.4 Å². The minimum Gasteiger partial charge on any atom is -0.322 e. The number of nitrogens with one attached hydrogen (secondary N) is 1. The second-order valence-corrected chi connectivity index (χ2v) is 6.93. The summed E-state index contributed by atoms with van der Waals surface area (Å²) in [7, 11) is 0. The average Bonchev–Trinajstić information content (AvgIpc) is 3.37. The quantitative estimate of drug-likeness (QED) is 0.771. The Morgan fingerprint density at radius 2 is 2.19 bits per heavy atom. The van der Waals surface area contributed by atoms with Crippen LogP contribution in [0.1, 0.15) is 29.4 Å². The Morgan fingerprint density at radius 1 is 1.30 bits per heavy atom. The highest BCUT2D eigenvalue weighted by atomic mass is 16.2. The molecule has 4 rings (SSSR count). The van der Waals surface area contributed by atoms with Gasteiger partial charge in [0.15, 0.2) is 0 Å². The number of rotatable bonds is 4. The molecule has 0 spiro atoms. The van der Waals surface area contributed by atoms with Crippen LogP contribution in [-0.4, -0.2) is 48.6 Å². The Morgan fingerprint density at radius 3 is 2.93 bits per heavy atom. The SMILES string of the molecule is Cc1cc(C)n(C2CCN(C(=O)Nc3ccnn3Cc3cccnc3)C2)n1. The molecule has 4 heterocycles. The average molecular weight is 365 g/mol. The number of likely N-dealkylation sites (tertiary alicyclic amines) is 1. The van der Waals surface area contributed by atoms with Crippen molar-refractivity contribution in [3.63, 3.8) is 0 Å². The van der Waals surface area contributed by atoms with E-state index in [0.29, 0.717) is 25.5 Å². The molecule has 3 aromatic heterocycles. The molecule has 1 N–H and O–H groups in total. The third kappa shape index (κ3) is 3.69. The van der Waals surface area contributed by atoms with E-state index < -0.39 is 0 Å². The summed E-state index contributed by atoms with van der Waals surface area (Å²) < 4.78 is 3.80. The van der Waals surface area contributed by atoms with E-state index in [1.54, 1.807) is 23.3 Å². The highest BCUT2D eigenvalue weighted by Gasteiger charge is 2.29. The number of hydrogen-bond acceptors (Lipinski definition) is 4. The Labute approximate surface area is 157 Å². The van der Waals surface area contributed by atoms with Crippen molar-refractivity contribution in [3.8, 4) is 0 Å². The summed E-state index contributed by atoms with van der Waals surface area (Å²) in [6.07, 6.45) is 6.13. The van der Waals surface area contributed by atoms with Crippen LogP contribution >= 0.6 is 0 Å². The van der Waals surface area contributed by atoms with Gasteiger partial charge in [0.25, 0.3) is 0 Å². The Kier molecular flexibility index (Phi) is 4.62. The molecule has 27 heavy (non-hydrogen) atoms. The maximum absolute atomic E-state index is 12.7. The number of carbonyl (C=O) groups excluding carboxylic acids is 1. The molecule has 0 bridgehead atoms. The van der Waals surface area contributed by atoms with E-state index in [9.17, 15) is 4.79 Å². The van der Waals surface area contributed by atoms with Crippen molar-refractivity contribution in [1.29, 1.82) is 0 Å². The van der Waals surface area contributed by atoms with Gasteiger partial charge in [-0.1, -0.05) is 6.07 Å². The highest BCUT2D eigenvalue weighted by Crippen LogP contribution is 2.23. The highest BCUT2D eigenvalue weighted by molar-refractivity contribution is 5.88. The Bertz CT molecular complexity index is 931. The molecule has 3 aromatic rings. The second kappa shape index (κ2) is 7.22. The molecule has 1 aliphatic rings. The molecule has 1 saturated heterocycles. The lowest BCUT2D eigenvalue weighted by atomic mass is 10.2. The second-order valence-electron chi connectivity index (χ2n) is 6.93. The number of aryl methyl sites for hydroxylation is 2. The van der Waals surface area contributed by atoms with E-state index in [1.807, 2.05) is 34.7 Å². The van der Waals surface area contributed by atoms with Gasteiger partial charge in [0.2, 0.25) is 0 Å². The fourth-order valence-electron chi connectivity index (χ4n) is 3.56. The summed E-state index contributed by atoms with van der Waals surface area (Å²) in [4.78, 5) is 18.7. The van der Waals surface area contributed by atoms with Crippen molar-refractivity contribution in [2.24, 2.45) is 0 Å². The number of carbonyl (C=O) groups is 1. The first-order valence-corrected chi connectivity index (χ1v) is 9.09. The van der Waals surface area contributed by atoms with E-state index in [2.05, 4.69) is 33.5 Å². The standard InChI is InChI=1S/C19H23N7O/c1-14-10-15(2)26(23-14)17-6-9-24(13-17)19(27)22-18-5-8-21-25(18)12-16-4-3-7-20-11-16/h3-5,7-8,10-11,17H,6,9,12-13H2,1-2H3,(H,22,27). The normalized spacial score (nSPS) is 16.7. The Balaban J connectivity index is 1.40. The zero-order valence-corrected chi connectivity index (χ0v) is 15.5. The van der Waals surface area contributed by atoms with Gasteiger partial charge in [0, 0.05) is 37.2 Å². The fourth-order valence-corrected chi connectivity index (χ4v) is 3.56. The lowest BCUT2D eigenvalue weighted by Gasteiger charge is -2.18. The zero-order valence-electron chi connectivity index (χ0n) is 15.5. The molecule has 0 saturated carbocycles. The first-order valence-electron chi connectivity index (χ1n) is 9.09. The smallest absolute Gasteiger partial charge is 0.322 e. The van der Waals surface area contributed by atoms with Crippen LogP contribution in [0.2, 0.25) is 0 Å². The maximum atomic E-state index is 12.7. The van der Waals surface area contributed by atoms with Crippen molar-refractivity contribution in [2.75, 3.05) is 18.4 Å². The van der Waals surface area contributed by atoms with Crippen LogP contribution in [0.5, 0.6) is 0 Å². The minimum atomic E-state index is -0.105. The molecule has 8 heteroatoms. The van der Waals surface area contributed by atoms with Gasteiger partial charge in [0.1, 0.15) is 5.82 Å². The van der Waals surface area contributed by atoms with Crippen LogP contribution in [0.3, 0.4) is 0 Å². The van der Waals surface area contributed by atoms with Gasteiger partial charge in [-0.3, -0.25) is 15.0 Å². The van der Waals surface area contributed by atoms with Gasteiger partial charge in [-0.05, 0) is 38.0 Å². The van der Waals surface area contributed by atoms with Gasteiger partial charge in [-0.15, -0.1) is 0 Å². The van der Waals surface area contributed by atoms with E-state index in [0.717, 1.165) is 23.4 Å². The van der Waals surface area contributed by atoms with Crippen LogP contribution in [0, 0.1) is 13.8 Å². The van der Waals surface area contributed by atoms with E-state index >= 15 is 0 Å². The van der Waals surface area contributed by atoms with Crippen molar-refractivity contribution < 1.29 is 4.79 Å². The summed E-state index contributed by atoms with van der Waals surface area (Å²) in [5.74, 6) is 0.679. The third-order valence-corrected chi connectivity index (χ3v) is 4.85. The fraction of sp³-hybridized carbons (Fsp3) is 0.368. The topological polar surface area (TPSA) is 80.9 Å². The molecule has 0 aromatic carbocycles. The van der Waals surface area contributed by atoms with Crippen LogP contribution in [0.15, 0.2) is 42.9 Å². The lowest BCUT2D eigenvalue weighted by Crippen LogP contribution is -2.34. The minimum absolute atomic E-state index is 0.105. The molecule has 140 valence electrons. The molecular weight excluding hydrogens is 342 g/mol. The van der Waals surface area contributed by atoms with E-state index in [1.165, 1.54) is 0 Å². The van der Waals surface area contributed by atoms with Crippen molar-refractivity contribution >= 4 is 11.8 Å². The van der Waals surface area contributed by atoms with Crippen molar-refractivity contribution in [2.45, 2.75) is 32.9 Å². The molecule has 0 radical (unpaired) electrons. The predicted octanol–water partition coefficient (Wildman–Crippen LogP) is 2.62. The molecular formula is C19H23N7O. The summed E-state index contributed by atoms with van der Waals surface area (Å²) >= 11 is 0. The number of amides is 2. The monoisotopic (exact) mass is 365 g/mol. The van der Waals surface area contributed by atoms with Crippen LogP contribution in [0.25, 0.3) is 0 Å². The number of aromatic nitrogens is 5. The molecule has 0 aliphatic carbocycles. The molecule has 1 unspecified atom stereocenters. The summed E-state index contributed by atoms with van der Waals surface area (Å²) in [6.45, 7) is 5.98. The van der Waals surface area contributed by atoms with Gasteiger partial charge in [0.05, 0.1) is 24.5 Å². The summed E-state index contributed by atoms with van der Waals surface area (Å²) in [5, 5.41) is 11.9. The lowest BCUT2D eigenvalue weighted by molar-refractivity contribution is 0.220. The number of urea groups is 1. The zero-order chi connectivity index (χ0) is 18.8. The number of pyridine rings is 1. The third-order valence-electron chi connectivity index (χ3n) is 4.85. The van der Waals surface area contributed by atoms with Crippen molar-refractivity contribution in [3.05, 3.63) is 59.8 Å². The van der Waals surface area contributed by atoms with Gasteiger partial charge < -0.3 is 4.90 Å². The van der Waals surface area contributed by atoms with Gasteiger partial charge in [-0.25, -0.2) is 9.48 Å². The first-order chi connectivity index (χ1) is 13.1. The number of hydrogen-bond donors (Lipinski definition) is 1. The molecule has 1 atom stereocenters. The van der Waals surface area contributed by atoms with E-state index in [4.69, 9.17) is 0 Å². The molecule has 1 aliphatic heterocycles. The Hall–Kier alpha value is -3.16. The largest absolute Gasteiger partial charge is 0.323 e. The van der Waals surface area contributed by atoms with Gasteiger partial charge in [-0.2, -0.15) is 10.2 Å². The summed E-state index contributed by atoms with van der Waals surface area (Å²) in [5.41, 5.74) is 3.17. The van der Waals surface area contributed by atoms with Gasteiger partial charge >= 0.3 is 6.03 Å². The first kappa shape index (κ1) is 17.3. The summed E-state index contributed by atoms with van der Waals surface area (Å²) in [6, 6.07) is 7.87. The molecule has 8 nitrogen and oxygen atoms in total. The number of anilines is 1. The predicted molar refractivity (Wildman–Crippen MR) is 102 cm³/mol. The maximum Gasteiger partial charge on any atom is 0.323 e. The van der Waals surface area contributed by atoms with E-state index in [-0.39, 0.29) is 12.1 Å². The van der Waals surface area contributed by atoms with Crippen LogP contribution in [-0.2, 0) is 6.54 Å².